The SMILES string of the molecule is CCCOC(CCCCCCCCCCCCCCC1CC(C)(C)NC(C)(C)C1)C(=O)O. The lowest BCUT2D eigenvalue weighted by molar-refractivity contribution is -0.150. The smallest absolute Gasteiger partial charge is 0.332 e. The zero-order valence-corrected chi connectivity index (χ0v) is 22.1. The third kappa shape index (κ3) is 14.5. The van der Waals surface area contributed by atoms with Gasteiger partial charge in [-0.2, -0.15) is 0 Å². The lowest BCUT2D eigenvalue weighted by Crippen LogP contribution is -2.57. The first-order valence-electron chi connectivity index (χ1n) is 13.8. The highest BCUT2D eigenvalue weighted by Gasteiger charge is 2.37. The van der Waals surface area contributed by atoms with Crippen molar-refractivity contribution in [2.24, 2.45) is 5.92 Å². The lowest BCUT2D eigenvalue weighted by Gasteiger charge is -2.46. The normalized spacial score (nSPS) is 19.2. The van der Waals surface area contributed by atoms with E-state index in [0.29, 0.717) is 13.0 Å². The molecule has 1 aliphatic rings. The highest BCUT2D eigenvalue weighted by atomic mass is 16.5. The number of aliphatic carboxylic acids is 1. The van der Waals surface area contributed by atoms with Crippen molar-refractivity contribution >= 4 is 5.97 Å². The zero-order chi connectivity index (χ0) is 23.9. The van der Waals surface area contributed by atoms with Gasteiger partial charge in [0.05, 0.1) is 0 Å². The van der Waals surface area contributed by atoms with Crippen LogP contribution in [0.25, 0.3) is 0 Å². The minimum absolute atomic E-state index is 0.288. The third-order valence-electron chi connectivity index (χ3n) is 6.90. The van der Waals surface area contributed by atoms with Crippen LogP contribution in [0.5, 0.6) is 0 Å². The van der Waals surface area contributed by atoms with E-state index in [1.54, 1.807) is 0 Å². The molecule has 4 heteroatoms. The Morgan fingerprint density at radius 1 is 0.844 bits per heavy atom. The molecule has 0 bridgehead atoms. The minimum atomic E-state index is -0.808. The standard InChI is InChI=1S/C28H55NO3/c1-6-21-32-25(26(30)31)20-18-16-14-12-10-8-7-9-11-13-15-17-19-24-22-27(2,3)29-28(4,5)23-24/h24-25,29H,6-23H2,1-5H3,(H,30,31). The number of hydrogen-bond acceptors (Lipinski definition) is 3. The van der Waals surface area contributed by atoms with Crippen molar-refractivity contribution in [3.63, 3.8) is 0 Å². The summed E-state index contributed by atoms with van der Waals surface area (Å²) in [5.74, 6) is 0.0813. The second-order valence-electron chi connectivity index (χ2n) is 11.7. The molecule has 1 atom stereocenters. The van der Waals surface area contributed by atoms with Gasteiger partial charge in [-0.15, -0.1) is 0 Å². The van der Waals surface area contributed by atoms with Gasteiger partial charge < -0.3 is 15.2 Å². The Morgan fingerprint density at radius 2 is 1.28 bits per heavy atom. The largest absolute Gasteiger partial charge is 0.479 e. The fourth-order valence-electron chi connectivity index (χ4n) is 5.81. The lowest BCUT2D eigenvalue weighted by atomic mass is 9.74. The summed E-state index contributed by atoms with van der Waals surface area (Å²) in [5, 5.41) is 13.0. The second kappa shape index (κ2) is 16.1. The van der Waals surface area contributed by atoms with E-state index in [9.17, 15) is 4.79 Å². The van der Waals surface area contributed by atoms with Crippen LogP contribution in [0.15, 0.2) is 0 Å². The van der Waals surface area contributed by atoms with Crippen molar-refractivity contribution in [3.05, 3.63) is 0 Å². The summed E-state index contributed by atoms with van der Waals surface area (Å²) in [6, 6.07) is 0. The molecule has 1 aliphatic heterocycles. The molecule has 1 unspecified atom stereocenters. The maximum Gasteiger partial charge on any atom is 0.332 e. The Hall–Kier alpha value is -0.610. The van der Waals surface area contributed by atoms with Gasteiger partial charge in [0.2, 0.25) is 0 Å². The first kappa shape index (κ1) is 29.4. The Kier molecular flexibility index (Phi) is 14.8. The number of nitrogens with one attached hydrogen (secondary N) is 1. The van der Waals surface area contributed by atoms with Crippen molar-refractivity contribution in [2.75, 3.05) is 6.61 Å². The van der Waals surface area contributed by atoms with Gasteiger partial charge in [-0.25, -0.2) is 4.79 Å². The summed E-state index contributed by atoms with van der Waals surface area (Å²) in [6.07, 6.45) is 20.7. The van der Waals surface area contributed by atoms with E-state index in [1.165, 1.54) is 83.5 Å². The molecule has 32 heavy (non-hydrogen) atoms. The van der Waals surface area contributed by atoms with Gasteiger partial charge in [-0.3, -0.25) is 0 Å². The molecule has 0 spiro atoms. The Labute approximate surface area is 199 Å². The van der Waals surface area contributed by atoms with Crippen molar-refractivity contribution in [1.82, 2.24) is 5.32 Å². The highest BCUT2D eigenvalue weighted by molar-refractivity contribution is 5.72. The van der Waals surface area contributed by atoms with Crippen LogP contribution >= 0.6 is 0 Å². The number of carboxylic acids is 1. The molecular weight excluding hydrogens is 398 g/mol. The molecule has 0 radical (unpaired) electrons. The zero-order valence-electron chi connectivity index (χ0n) is 22.1. The molecule has 0 aromatic heterocycles. The first-order valence-corrected chi connectivity index (χ1v) is 13.8. The molecule has 1 heterocycles. The van der Waals surface area contributed by atoms with Crippen molar-refractivity contribution in [3.8, 4) is 0 Å². The minimum Gasteiger partial charge on any atom is -0.479 e. The quantitative estimate of drug-likeness (QED) is 0.195. The van der Waals surface area contributed by atoms with Crippen molar-refractivity contribution < 1.29 is 14.6 Å². The van der Waals surface area contributed by atoms with Crippen molar-refractivity contribution in [2.45, 2.75) is 161 Å². The molecule has 1 rings (SSSR count). The maximum absolute atomic E-state index is 11.1. The predicted octanol–water partition coefficient (Wildman–Crippen LogP) is 7.88. The summed E-state index contributed by atoms with van der Waals surface area (Å²) in [4.78, 5) is 11.1. The molecule has 190 valence electrons. The molecule has 0 aromatic rings. The molecular formula is C28H55NO3. The molecule has 1 saturated heterocycles. The van der Waals surface area contributed by atoms with Crippen LogP contribution in [0.1, 0.15) is 144 Å². The van der Waals surface area contributed by atoms with E-state index in [0.717, 1.165) is 25.2 Å². The molecule has 0 aromatic carbocycles. The summed E-state index contributed by atoms with van der Waals surface area (Å²) < 4.78 is 5.40. The van der Waals surface area contributed by atoms with E-state index < -0.39 is 12.1 Å². The summed E-state index contributed by atoms with van der Waals surface area (Å²) in [6.45, 7) is 12.0. The van der Waals surface area contributed by atoms with Gasteiger partial charge in [-0.1, -0.05) is 90.4 Å². The van der Waals surface area contributed by atoms with Crippen molar-refractivity contribution in [1.29, 1.82) is 0 Å². The van der Waals surface area contributed by atoms with E-state index in [4.69, 9.17) is 9.84 Å². The Morgan fingerprint density at radius 3 is 1.72 bits per heavy atom. The highest BCUT2D eigenvalue weighted by Crippen LogP contribution is 2.35. The number of piperidine rings is 1. The number of hydrogen-bond donors (Lipinski definition) is 2. The van der Waals surface area contributed by atoms with Gasteiger partial charge in [0, 0.05) is 17.7 Å². The molecule has 4 nitrogen and oxygen atoms in total. The van der Waals surface area contributed by atoms with Gasteiger partial charge in [0.15, 0.2) is 6.10 Å². The third-order valence-corrected chi connectivity index (χ3v) is 6.90. The number of carbonyl (C=O) groups is 1. The number of rotatable bonds is 19. The molecule has 0 amide bonds. The van der Waals surface area contributed by atoms with Crippen LogP contribution < -0.4 is 5.32 Å². The molecule has 2 N–H and O–H groups in total. The van der Waals surface area contributed by atoms with Gasteiger partial charge in [-0.05, 0) is 59.3 Å². The number of unbranched alkanes of at least 4 members (excludes halogenated alkanes) is 11. The first-order chi connectivity index (χ1) is 15.2. The van der Waals surface area contributed by atoms with Crippen LogP contribution in [-0.4, -0.2) is 34.9 Å². The van der Waals surface area contributed by atoms with Crippen LogP contribution in [0.4, 0.5) is 0 Å². The van der Waals surface area contributed by atoms with E-state index in [-0.39, 0.29) is 11.1 Å². The van der Waals surface area contributed by atoms with Crippen LogP contribution in [0.3, 0.4) is 0 Å². The van der Waals surface area contributed by atoms with Gasteiger partial charge in [0.25, 0.3) is 0 Å². The maximum atomic E-state index is 11.1. The fraction of sp³-hybridized carbons (Fsp3) is 0.964. The van der Waals surface area contributed by atoms with Crippen LogP contribution in [0.2, 0.25) is 0 Å². The van der Waals surface area contributed by atoms with E-state index in [2.05, 4.69) is 33.0 Å². The average Bonchev–Trinajstić information content (AvgIpc) is 2.67. The van der Waals surface area contributed by atoms with E-state index in [1.807, 2.05) is 6.92 Å². The Bertz CT molecular complexity index is 473. The predicted molar refractivity (Wildman–Crippen MR) is 136 cm³/mol. The van der Waals surface area contributed by atoms with Crippen LogP contribution in [0, 0.1) is 5.92 Å². The Balaban J connectivity index is 1.89. The topological polar surface area (TPSA) is 58.6 Å². The monoisotopic (exact) mass is 453 g/mol. The number of carboxylic acid groups (broad SMARTS) is 1. The molecule has 0 aliphatic carbocycles. The molecule has 0 saturated carbocycles. The summed E-state index contributed by atoms with van der Waals surface area (Å²) >= 11 is 0. The number of ether oxygens (including phenoxy) is 1. The summed E-state index contributed by atoms with van der Waals surface area (Å²) in [7, 11) is 0. The van der Waals surface area contributed by atoms with Gasteiger partial charge in [0.1, 0.15) is 0 Å². The van der Waals surface area contributed by atoms with Gasteiger partial charge >= 0.3 is 5.97 Å². The second-order valence-corrected chi connectivity index (χ2v) is 11.7. The molecule has 1 fully saturated rings. The van der Waals surface area contributed by atoms with E-state index >= 15 is 0 Å². The fourth-order valence-corrected chi connectivity index (χ4v) is 5.81. The average molecular weight is 454 g/mol. The van der Waals surface area contributed by atoms with Crippen LogP contribution in [-0.2, 0) is 9.53 Å². The summed E-state index contributed by atoms with van der Waals surface area (Å²) in [5.41, 5.74) is 0.576.